The van der Waals surface area contributed by atoms with E-state index in [1.807, 2.05) is 37.3 Å². The summed E-state index contributed by atoms with van der Waals surface area (Å²) in [4.78, 5) is 4.33. The van der Waals surface area contributed by atoms with Crippen LogP contribution < -0.4 is 5.32 Å². The van der Waals surface area contributed by atoms with Crippen LogP contribution in [-0.4, -0.2) is 23.2 Å². The lowest BCUT2D eigenvalue weighted by molar-refractivity contribution is 0.0497. The van der Waals surface area contributed by atoms with Crippen molar-refractivity contribution in [1.29, 1.82) is 0 Å². The molecule has 0 aliphatic heterocycles. The average molecular weight is 244 g/mol. The minimum atomic E-state index is -0.829. The molecule has 0 saturated heterocycles. The Bertz CT molecular complexity index is 517. The van der Waals surface area contributed by atoms with Gasteiger partial charge in [0.1, 0.15) is 0 Å². The molecule has 0 amide bonds. The van der Waals surface area contributed by atoms with E-state index in [0.717, 1.165) is 29.6 Å². The average Bonchev–Trinajstić information content (AvgIpc) is 2.38. The zero-order valence-corrected chi connectivity index (χ0v) is 11.0. The van der Waals surface area contributed by atoms with Crippen LogP contribution in [0.5, 0.6) is 0 Å². The van der Waals surface area contributed by atoms with Gasteiger partial charge in [0.25, 0.3) is 0 Å². The lowest BCUT2D eigenvalue weighted by Crippen LogP contribution is -2.28. The maximum Gasteiger partial charge on any atom is 0.0887 e. The topological polar surface area (TPSA) is 45.1 Å². The molecule has 3 heteroatoms. The standard InChI is InChI=1S/C15H20N2O/c1-3-16-11-9-15(2,18)13-7-4-8-14-12(13)6-5-10-17-14/h4-8,10,16,18H,3,9,11H2,1-2H3. The maximum atomic E-state index is 10.6. The van der Waals surface area contributed by atoms with Crippen molar-refractivity contribution in [3.8, 4) is 0 Å². The highest BCUT2D eigenvalue weighted by molar-refractivity contribution is 5.82. The van der Waals surface area contributed by atoms with Crippen LogP contribution >= 0.6 is 0 Å². The first kappa shape index (κ1) is 13.0. The molecule has 1 heterocycles. The second-order valence-corrected chi connectivity index (χ2v) is 4.75. The van der Waals surface area contributed by atoms with Crippen LogP contribution in [0.1, 0.15) is 25.8 Å². The number of hydrogen-bond donors (Lipinski definition) is 2. The molecule has 1 unspecified atom stereocenters. The van der Waals surface area contributed by atoms with Crippen LogP contribution in [0.4, 0.5) is 0 Å². The minimum Gasteiger partial charge on any atom is -0.385 e. The number of nitrogens with zero attached hydrogens (tertiary/aromatic N) is 1. The molecule has 0 aliphatic rings. The number of rotatable bonds is 5. The van der Waals surface area contributed by atoms with Crippen molar-refractivity contribution in [2.24, 2.45) is 0 Å². The van der Waals surface area contributed by atoms with Crippen molar-refractivity contribution in [1.82, 2.24) is 10.3 Å². The van der Waals surface area contributed by atoms with Gasteiger partial charge in [0.2, 0.25) is 0 Å². The van der Waals surface area contributed by atoms with Gasteiger partial charge < -0.3 is 10.4 Å². The molecule has 0 aliphatic carbocycles. The van der Waals surface area contributed by atoms with E-state index in [0.29, 0.717) is 6.42 Å². The fourth-order valence-electron chi connectivity index (χ4n) is 2.22. The van der Waals surface area contributed by atoms with E-state index < -0.39 is 5.60 Å². The van der Waals surface area contributed by atoms with E-state index in [1.54, 1.807) is 6.20 Å². The van der Waals surface area contributed by atoms with Gasteiger partial charge in [-0.1, -0.05) is 25.1 Å². The van der Waals surface area contributed by atoms with E-state index in [9.17, 15) is 5.11 Å². The zero-order valence-electron chi connectivity index (χ0n) is 11.0. The molecular formula is C15H20N2O. The van der Waals surface area contributed by atoms with E-state index in [2.05, 4.69) is 17.2 Å². The Balaban J connectivity index is 2.34. The van der Waals surface area contributed by atoms with Crippen LogP contribution in [0.15, 0.2) is 36.5 Å². The molecule has 1 aromatic carbocycles. The predicted molar refractivity (Wildman–Crippen MR) is 74.5 cm³/mol. The SMILES string of the molecule is CCNCCC(C)(O)c1cccc2ncccc12. The molecule has 2 aromatic rings. The summed E-state index contributed by atoms with van der Waals surface area (Å²) in [5.41, 5.74) is 1.05. The first-order valence-electron chi connectivity index (χ1n) is 6.42. The van der Waals surface area contributed by atoms with Crippen LogP contribution in [0.2, 0.25) is 0 Å². The Morgan fingerprint density at radius 1 is 1.28 bits per heavy atom. The molecule has 1 atom stereocenters. The lowest BCUT2D eigenvalue weighted by atomic mass is 9.89. The Morgan fingerprint density at radius 2 is 2.11 bits per heavy atom. The van der Waals surface area contributed by atoms with E-state index in [-0.39, 0.29) is 0 Å². The third-order valence-electron chi connectivity index (χ3n) is 3.26. The monoisotopic (exact) mass is 244 g/mol. The number of fused-ring (bicyclic) bond motifs is 1. The van der Waals surface area contributed by atoms with Crippen molar-refractivity contribution in [3.05, 3.63) is 42.1 Å². The molecule has 2 N–H and O–H groups in total. The fourth-order valence-corrected chi connectivity index (χ4v) is 2.22. The Kier molecular flexibility index (Phi) is 3.94. The third kappa shape index (κ3) is 2.68. The van der Waals surface area contributed by atoms with Gasteiger partial charge in [-0.3, -0.25) is 4.98 Å². The van der Waals surface area contributed by atoms with E-state index >= 15 is 0 Å². The first-order chi connectivity index (χ1) is 8.65. The normalized spacial score (nSPS) is 14.6. The number of aromatic nitrogens is 1. The smallest absolute Gasteiger partial charge is 0.0887 e. The lowest BCUT2D eigenvalue weighted by Gasteiger charge is -2.25. The first-order valence-corrected chi connectivity index (χ1v) is 6.42. The van der Waals surface area contributed by atoms with Crippen molar-refractivity contribution in [2.75, 3.05) is 13.1 Å². The van der Waals surface area contributed by atoms with Gasteiger partial charge in [-0.2, -0.15) is 0 Å². The summed E-state index contributed by atoms with van der Waals surface area (Å²) in [7, 11) is 0. The largest absolute Gasteiger partial charge is 0.385 e. The molecule has 3 nitrogen and oxygen atoms in total. The molecule has 96 valence electrons. The van der Waals surface area contributed by atoms with Gasteiger partial charge in [0, 0.05) is 11.6 Å². The van der Waals surface area contributed by atoms with Crippen LogP contribution in [0.3, 0.4) is 0 Å². The van der Waals surface area contributed by atoms with Crippen LogP contribution in [0.25, 0.3) is 10.9 Å². The summed E-state index contributed by atoms with van der Waals surface area (Å²) < 4.78 is 0. The molecule has 0 radical (unpaired) electrons. The van der Waals surface area contributed by atoms with Gasteiger partial charge in [-0.25, -0.2) is 0 Å². The maximum absolute atomic E-state index is 10.6. The quantitative estimate of drug-likeness (QED) is 0.794. The molecule has 18 heavy (non-hydrogen) atoms. The second kappa shape index (κ2) is 5.46. The van der Waals surface area contributed by atoms with Crippen molar-refractivity contribution in [2.45, 2.75) is 25.9 Å². The molecular weight excluding hydrogens is 224 g/mol. The van der Waals surface area contributed by atoms with Gasteiger partial charge in [0.05, 0.1) is 11.1 Å². The van der Waals surface area contributed by atoms with Gasteiger partial charge in [-0.05, 0) is 44.1 Å². The van der Waals surface area contributed by atoms with Gasteiger partial charge in [0.15, 0.2) is 0 Å². The highest BCUT2D eigenvalue weighted by Crippen LogP contribution is 2.29. The van der Waals surface area contributed by atoms with Crippen molar-refractivity contribution < 1.29 is 5.11 Å². The Labute approximate surface area is 108 Å². The predicted octanol–water partition coefficient (Wildman–Crippen LogP) is 2.44. The second-order valence-electron chi connectivity index (χ2n) is 4.75. The van der Waals surface area contributed by atoms with Gasteiger partial charge >= 0.3 is 0 Å². The zero-order chi connectivity index (χ0) is 13.0. The van der Waals surface area contributed by atoms with Crippen LogP contribution in [0, 0.1) is 0 Å². The molecule has 0 saturated carbocycles. The van der Waals surface area contributed by atoms with E-state index in [1.165, 1.54) is 0 Å². The minimum absolute atomic E-state index is 0.689. The number of hydrogen-bond acceptors (Lipinski definition) is 3. The molecule has 0 spiro atoms. The number of nitrogens with one attached hydrogen (secondary N) is 1. The number of pyridine rings is 1. The summed E-state index contributed by atoms with van der Waals surface area (Å²) in [6.07, 6.45) is 2.47. The summed E-state index contributed by atoms with van der Waals surface area (Å²) in [6.45, 7) is 5.66. The molecule has 2 rings (SSSR count). The van der Waals surface area contributed by atoms with Gasteiger partial charge in [-0.15, -0.1) is 0 Å². The number of benzene rings is 1. The molecule has 1 aromatic heterocycles. The highest BCUT2D eigenvalue weighted by Gasteiger charge is 2.24. The Morgan fingerprint density at radius 3 is 2.89 bits per heavy atom. The molecule has 0 fully saturated rings. The summed E-state index contributed by atoms with van der Waals surface area (Å²) in [5, 5.41) is 14.9. The van der Waals surface area contributed by atoms with E-state index in [4.69, 9.17) is 0 Å². The molecule has 0 bridgehead atoms. The van der Waals surface area contributed by atoms with Crippen molar-refractivity contribution in [3.63, 3.8) is 0 Å². The fraction of sp³-hybridized carbons (Fsp3) is 0.400. The summed E-state index contributed by atoms with van der Waals surface area (Å²) in [6, 6.07) is 9.83. The van der Waals surface area contributed by atoms with Crippen LogP contribution in [-0.2, 0) is 5.60 Å². The highest BCUT2D eigenvalue weighted by atomic mass is 16.3. The Hall–Kier alpha value is -1.45. The summed E-state index contributed by atoms with van der Waals surface area (Å²) in [5.74, 6) is 0. The van der Waals surface area contributed by atoms with Crippen molar-refractivity contribution >= 4 is 10.9 Å². The summed E-state index contributed by atoms with van der Waals surface area (Å²) >= 11 is 0. The number of aliphatic hydroxyl groups is 1. The third-order valence-corrected chi connectivity index (χ3v) is 3.26.